The second-order valence-electron chi connectivity index (χ2n) is 16.6. The molecule has 0 aliphatic heterocycles. The number of aliphatic carboxylic acids is 1. The molecule has 0 unspecified atom stereocenters. The third-order valence-electron chi connectivity index (χ3n) is 13.6. The molecule has 0 spiro atoms. The number of allylic oxidation sites excluding steroid dienone is 1. The summed E-state index contributed by atoms with van der Waals surface area (Å²) in [6, 6.07) is 6.53. The average Bonchev–Trinajstić information content (AvgIpc) is 3.68. The van der Waals surface area contributed by atoms with Gasteiger partial charge >= 0.3 is 11.9 Å². The van der Waals surface area contributed by atoms with E-state index in [1.165, 1.54) is 5.57 Å². The Balaban J connectivity index is 0.858. The molecular weight excluding hydrogens is 690 g/mol. The number of fused-ring (bicyclic) bond motifs is 6. The zero-order valence-electron chi connectivity index (χ0n) is 31.5. The summed E-state index contributed by atoms with van der Waals surface area (Å²) in [4.78, 5) is 78.0. The Morgan fingerprint density at radius 3 is 2.50 bits per heavy atom. The lowest BCUT2D eigenvalue weighted by Crippen LogP contribution is -2.58. The number of aliphatic hydroxyl groups is 1. The van der Waals surface area contributed by atoms with Crippen LogP contribution in [0.4, 0.5) is 0 Å². The molecule has 292 valence electrons. The first-order valence-corrected chi connectivity index (χ1v) is 19.7. The molecule has 7 atom stereocenters. The molecule has 12 heteroatoms. The number of carboxylic acids is 1. The van der Waals surface area contributed by atoms with Crippen LogP contribution < -0.4 is 10.6 Å². The first-order chi connectivity index (χ1) is 25.7. The molecule has 6 rings (SSSR count). The molecule has 0 radical (unpaired) electrons. The summed E-state index contributed by atoms with van der Waals surface area (Å²) >= 11 is 0. The van der Waals surface area contributed by atoms with Crippen LogP contribution >= 0.6 is 0 Å². The predicted octanol–water partition coefficient (Wildman–Crippen LogP) is 5.11. The molecule has 4 aliphatic rings. The standard InChI is InChI=1S/C42H55N3O9/c1-40-18-15-28(46)23-27(40)11-12-30-31(40)16-19-41(2)32(30)17-20-42(41,53)35(47)25-54-38(50)14-13-36(48)43-21-7-3-4-10-37(49)45-34(39(51)52)22-26-24-44-33-9-6-5-8-29(26)33/h5-6,8-9,23-24,30-32,34,44,53H,3-4,7,10-22,25H2,1-2H3,(H,43,48)(H,45,49)(H,51,52)/t30-,31+,32+,34-,40+,41+,42+/m1/s1. The van der Waals surface area contributed by atoms with Gasteiger partial charge in [0.1, 0.15) is 11.6 Å². The van der Waals surface area contributed by atoms with E-state index in [0.29, 0.717) is 56.9 Å². The number of H-pyrrole nitrogens is 1. The maximum Gasteiger partial charge on any atom is 0.326 e. The monoisotopic (exact) mass is 745 g/mol. The van der Waals surface area contributed by atoms with E-state index < -0.39 is 41.4 Å². The van der Waals surface area contributed by atoms with Gasteiger partial charge in [-0.3, -0.25) is 24.0 Å². The van der Waals surface area contributed by atoms with Gasteiger partial charge in [0.05, 0.1) is 6.42 Å². The molecule has 0 bridgehead atoms. The summed E-state index contributed by atoms with van der Waals surface area (Å²) in [5, 5.41) is 27.8. The highest BCUT2D eigenvalue weighted by Gasteiger charge is 2.66. The van der Waals surface area contributed by atoms with Gasteiger partial charge in [-0.15, -0.1) is 0 Å². The van der Waals surface area contributed by atoms with E-state index in [9.17, 15) is 39.0 Å². The highest BCUT2D eigenvalue weighted by Crippen LogP contribution is 2.67. The Morgan fingerprint density at radius 1 is 0.926 bits per heavy atom. The molecule has 5 N–H and O–H groups in total. The van der Waals surface area contributed by atoms with Crippen molar-refractivity contribution in [2.45, 2.75) is 122 Å². The Morgan fingerprint density at radius 2 is 1.70 bits per heavy atom. The van der Waals surface area contributed by atoms with Crippen LogP contribution in [0.2, 0.25) is 0 Å². The molecule has 12 nitrogen and oxygen atoms in total. The number of benzene rings is 1. The number of carbonyl (C=O) groups is 6. The number of ketones is 2. The van der Waals surface area contributed by atoms with Crippen LogP contribution in [0, 0.1) is 28.6 Å². The minimum Gasteiger partial charge on any atom is -0.480 e. The van der Waals surface area contributed by atoms with E-state index >= 15 is 0 Å². The molecule has 3 fully saturated rings. The summed E-state index contributed by atoms with van der Waals surface area (Å²) in [7, 11) is 0. The van der Waals surface area contributed by atoms with E-state index in [2.05, 4.69) is 22.5 Å². The molecule has 3 saturated carbocycles. The Kier molecular flexibility index (Phi) is 11.8. The second kappa shape index (κ2) is 16.2. The van der Waals surface area contributed by atoms with Crippen molar-refractivity contribution in [1.29, 1.82) is 0 Å². The molecule has 1 heterocycles. The number of hydrogen-bond acceptors (Lipinski definition) is 8. The number of unbranched alkanes of at least 4 members (excludes halogenated alkanes) is 2. The van der Waals surface area contributed by atoms with E-state index in [1.807, 2.05) is 37.3 Å². The maximum atomic E-state index is 13.5. The zero-order valence-corrected chi connectivity index (χ0v) is 31.5. The molecule has 54 heavy (non-hydrogen) atoms. The number of esters is 1. The lowest BCUT2D eigenvalue weighted by Gasteiger charge is -2.58. The minimum absolute atomic E-state index is 0.00202. The number of aromatic nitrogens is 1. The molecule has 1 aromatic carbocycles. The van der Waals surface area contributed by atoms with Crippen molar-refractivity contribution in [3.05, 3.63) is 47.7 Å². The number of amides is 2. The van der Waals surface area contributed by atoms with Gasteiger partial charge in [0.15, 0.2) is 12.4 Å². The lowest BCUT2D eigenvalue weighted by atomic mass is 9.46. The van der Waals surface area contributed by atoms with Gasteiger partial charge in [-0.25, -0.2) is 4.79 Å². The van der Waals surface area contributed by atoms with E-state index in [1.54, 1.807) is 6.20 Å². The summed E-state index contributed by atoms with van der Waals surface area (Å²) in [5.41, 5.74) is 0.808. The summed E-state index contributed by atoms with van der Waals surface area (Å²) < 4.78 is 5.29. The molecule has 0 saturated heterocycles. The zero-order chi connectivity index (χ0) is 38.7. The number of Topliss-reactive ketones (excluding diaryl/α,β-unsaturated/α-hetero) is 1. The smallest absolute Gasteiger partial charge is 0.326 e. The fraction of sp³-hybridized carbons (Fsp3) is 0.619. The topological polar surface area (TPSA) is 192 Å². The van der Waals surface area contributed by atoms with Crippen molar-refractivity contribution >= 4 is 46.2 Å². The molecule has 2 aromatic rings. The maximum absolute atomic E-state index is 13.5. The van der Waals surface area contributed by atoms with Crippen molar-refractivity contribution < 1.29 is 43.7 Å². The van der Waals surface area contributed by atoms with Crippen LogP contribution in [0.3, 0.4) is 0 Å². The number of nitrogens with one attached hydrogen (secondary N) is 3. The number of aromatic amines is 1. The SMILES string of the molecule is C[C@]12CCC(=O)C=C1CC[C@@H]1[C@@H]2CC[C@@]2(C)[C@H]1CC[C@]2(O)C(=O)COC(=O)CCC(=O)NCCCCCC(=O)N[C@H](Cc1c[nH]c2ccccc12)C(=O)O. The van der Waals surface area contributed by atoms with Crippen molar-refractivity contribution in [3.63, 3.8) is 0 Å². The largest absolute Gasteiger partial charge is 0.480 e. The van der Waals surface area contributed by atoms with Crippen molar-refractivity contribution in [2.75, 3.05) is 13.2 Å². The summed E-state index contributed by atoms with van der Waals surface area (Å²) in [6.45, 7) is 4.16. The summed E-state index contributed by atoms with van der Waals surface area (Å²) in [6.07, 6.45) is 11.4. The Hall–Kier alpha value is -4.32. The van der Waals surface area contributed by atoms with Gasteiger partial charge in [-0.1, -0.05) is 44.0 Å². The fourth-order valence-electron chi connectivity index (χ4n) is 10.5. The van der Waals surface area contributed by atoms with E-state index in [4.69, 9.17) is 4.74 Å². The van der Waals surface area contributed by atoms with Crippen molar-refractivity contribution in [3.8, 4) is 0 Å². The average molecular weight is 746 g/mol. The lowest BCUT2D eigenvalue weighted by molar-refractivity contribution is -0.170. The van der Waals surface area contributed by atoms with Crippen molar-refractivity contribution in [1.82, 2.24) is 15.6 Å². The first-order valence-electron chi connectivity index (χ1n) is 19.7. The van der Waals surface area contributed by atoms with Crippen LogP contribution in [0.5, 0.6) is 0 Å². The molecule has 1 aromatic heterocycles. The van der Waals surface area contributed by atoms with Crippen LogP contribution in [-0.4, -0.2) is 75.3 Å². The van der Waals surface area contributed by atoms with Gasteiger partial charge in [-0.05, 0) is 98.7 Å². The van der Waals surface area contributed by atoms with Gasteiger partial charge < -0.3 is 30.6 Å². The van der Waals surface area contributed by atoms with Gasteiger partial charge in [0.25, 0.3) is 0 Å². The van der Waals surface area contributed by atoms with E-state index in [0.717, 1.165) is 48.6 Å². The fourth-order valence-corrected chi connectivity index (χ4v) is 10.5. The minimum atomic E-state index is -1.57. The van der Waals surface area contributed by atoms with Crippen LogP contribution in [-0.2, 0) is 39.9 Å². The summed E-state index contributed by atoms with van der Waals surface area (Å²) in [5.74, 6) is -1.73. The first kappa shape index (κ1) is 39.4. The number of ether oxygens (including phenoxy) is 1. The molecule has 2 amide bonds. The number of para-hydroxylation sites is 1. The highest BCUT2D eigenvalue weighted by atomic mass is 16.5. The molecular formula is C42H55N3O9. The van der Waals surface area contributed by atoms with Gasteiger partial charge in [0.2, 0.25) is 17.6 Å². The van der Waals surface area contributed by atoms with Crippen LogP contribution in [0.15, 0.2) is 42.1 Å². The highest BCUT2D eigenvalue weighted by molar-refractivity contribution is 5.92. The van der Waals surface area contributed by atoms with Crippen LogP contribution in [0.1, 0.15) is 109 Å². The molecule has 4 aliphatic carbocycles. The van der Waals surface area contributed by atoms with Gasteiger partial charge in [0, 0.05) is 54.7 Å². The number of carbonyl (C=O) groups excluding carboxylic acids is 5. The number of carboxylic acid groups (broad SMARTS) is 1. The van der Waals surface area contributed by atoms with Gasteiger partial charge in [-0.2, -0.15) is 0 Å². The second-order valence-corrected chi connectivity index (χ2v) is 16.6. The predicted molar refractivity (Wildman–Crippen MR) is 200 cm³/mol. The van der Waals surface area contributed by atoms with Crippen molar-refractivity contribution in [2.24, 2.45) is 28.6 Å². The quantitative estimate of drug-likeness (QED) is 0.115. The number of hydrogen-bond donors (Lipinski definition) is 5. The normalized spacial score (nSPS) is 29.3. The Bertz CT molecular complexity index is 1820. The third kappa shape index (κ3) is 7.90. The number of rotatable bonds is 16. The van der Waals surface area contributed by atoms with Crippen LogP contribution in [0.25, 0.3) is 10.9 Å². The third-order valence-corrected chi connectivity index (χ3v) is 13.6. The van der Waals surface area contributed by atoms with E-state index in [-0.39, 0.29) is 54.6 Å². The Labute approximate surface area is 316 Å².